The molecule has 1 aliphatic carbocycles. The van der Waals surface area contributed by atoms with Crippen molar-refractivity contribution in [2.24, 2.45) is 11.3 Å². The summed E-state index contributed by atoms with van der Waals surface area (Å²) in [6.07, 6.45) is 6.01. The summed E-state index contributed by atoms with van der Waals surface area (Å²) in [7, 11) is 0. The average Bonchev–Trinajstić information content (AvgIpc) is 2.67. The van der Waals surface area contributed by atoms with Gasteiger partial charge in [-0.1, -0.05) is 25.7 Å². The van der Waals surface area contributed by atoms with Crippen LogP contribution in [0.3, 0.4) is 0 Å². The minimum absolute atomic E-state index is 0.00239. The van der Waals surface area contributed by atoms with E-state index in [0.29, 0.717) is 12.5 Å². The molecule has 1 amide bonds. The maximum atomic E-state index is 11.8. The highest BCUT2D eigenvalue weighted by atomic mass is 16.5. The van der Waals surface area contributed by atoms with Crippen LogP contribution >= 0.6 is 0 Å². The maximum absolute atomic E-state index is 11.8. The van der Waals surface area contributed by atoms with Gasteiger partial charge in [0.05, 0.1) is 13.2 Å². The molecule has 0 unspecified atom stereocenters. The summed E-state index contributed by atoms with van der Waals surface area (Å²) >= 11 is 0. The third-order valence-corrected chi connectivity index (χ3v) is 3.85. The van der Waals surface area contributed by atoms with Crippen molar-refractivity contribution in [1.82, 2.24) is 5.32 Å². The van der Waals surface area contributed by atoms with Crippen molar-refractivity contribution in [3.8, 4) is 0 Å². The molecule has 0 radical (unpaired) electrons. The van der Waals surface area contributed by atoms with Gasteiger partial charge in [0, 0.05) is 6.54 Å². The standard InChI is InChI=1S/C12H19NO4/c14-10(12(11(15)16)7-17-8-12)13-6-5-9-3-1-2-4-9/h9H,1-8H2,(H,13,14)(H,15,16). The summed E-state index contributed by atoms with van der Waals surface area (Å²) in [5.41, 5.74) is -1.32. The van der Waals surface area contributed by atoms with Gasteiger partial charge in [-0.05, 0) is 12.3 Å². The lowest BCUT2D eigenvalue weighted by atomic mass is 9.85. The number of nitrogens with one attached hydrogen (secondary N) is 1. The van der Waals surface area contributed by atoms with Crippen molar-refractivity contribution in [3.05, 3.63) is 0 Å². The van der Waals surface area contributed by atoms with Crippen molar-refractivity contribution in [2.45, 2.75) is 32.1 Å². The second-order valence-corrected chi connectivity index (χ2v) is 5.08. The lowest BCUT2D eigenvalue weighted by molar-refractivity contribution is -0.185. The predicted molar refractivity (Wildman–Crippen MR) is 60.5 cm³/mol. The molecule has 5 heteroatoms. The first-order chi connectivity index (χ1) is 8.15. The molecule has 2 aliphatic rings. The fourth-order valence-corrected chi connectivity index (χ4v) is 2.52. The lowest BCUT2D eigenvalue weighted by Gasteiger charge is -2.35. The van der Waals surface area contributed by atoms with Crippen molar-refractivity contribution in [3.63, 3.8) is 0 Å². The molecule has 5 nitrogen and oxygen atoms in total. The molecule has 2 N–H and O–H groups in total. The Kier molecular flexibility index (Phi) is 3.66. The minimum Gasteiger partial charge on any atom is -0.480 e. The fourth-order valence-electron chi connectivity index (χ4n) is 2.52. The molecular formula is C12H19NO4. The Bertz CT molecular complexity index is 306. The van der Waals surface area contributed by atoms with Crippen LogP contribution in [0.15, 0.2) is 0 Å². The number of rotatable bonds is 5. The van der Waals surface area contributed by atoms with E-state index >= 15 is 0 Å². The summed E-state index contributed by atoms with van der Waals surface area (Å²) in [6, 6.07) is 0. The van der Waals surface area contributed by atoms with Gasteiger partial charge in [-0.3, -0.25) is 9.59 Å². The van der Waals surface area contributed by atoms with E-state index in [4.69, 9.17) is 9.84 Å². The van der Waals surface area contributed by atoms with Crippen LogP contribution in [-0.2, 0) is 14.3 Å². The molecule has 0 bridgehead atoms. The molecule has 1 saturated heterocycles. The number of carboxylic acid groups (broad SMARTS) is 1. The minimum atomic E-state index is -1.32. The van der Waals surface area contributed by atoms with Crippen molar-refractivity contribution in [1.29, 1.82) is 0 Å². The Morgan fingerprint density at radius 1 is 1.29 bits per heavy atom. The molecule has 1 aliphatic heterocycles. The molecule has 17 heavy (non-hydrogen) atoms. The van der Waals surface area contributed by atoms with Crippen molar-refractivity contribution in [2.75, 3.05) is 19.8 Å². The van der Waals surface area contributed by atoms with E-state index in [2.05, 4.69) is 5.32 Å². The lowest BCUT2D eigenvalue weighted by Crippen LogP contribution is -2.59. The zero-order chi connectivity index (χ0) is 12.3. The Labute approximate surface area is 101 Å². The Morgan fingerprint density at radius 3 is 2.41 bits per heavy atom. The van der Waals surface area contributed by atoms with E-state index in [9.17, 15) is 9.59 Å². The summed E-state index contributed by atoms with van der Waals surface area (Å²) < 4.78 is 4.86. The first-order valence-electron chi connectivity index (χ1n) is 6.24. The van der Waals surface area contributed by atoms with Crippen LogP contribution in [0.25, 0.3) is 0 Å². The predicted octanol–water partition coefficient (Wildman–Crippen LogP) is 0.784. The van der Waals surface area contributed by atoms with Gasteiger partial charge in [-0.2, -0.15) is 0 Å². The summed E-state index contributed by atoms with van der Waals surface area (Å²) in [5.74, 6) is -0.773. The van der Waals surface area contributed by atoms with Gasteiger partial charge in [0.25, 0.3) is 0 Å². The molecule has 0 aromatic heterocycles. The number of amides is 1. The number of carbonyl (C=O) groups is 2. The Hall–Kier alpha value is -1.10. The molecule has 96 valence electrons. The number of carbonyl (C=O) groups excluding carboxylic acids is 1. The highest BCUT2D eigenvalue weighted by Crippen LogP contribution is 2.29. The van der Waals surface area contributed by atoms with E-state index in [1.54, 1.807) is 0 Å². The summed E-state index contributed by atoms with van der Waals surface area (Å²) in [5, 5.41) is 11.8. The third-order valence-electron chi connectivity index (χ3n) is 3.85. The highest BCUT2D eigenvalue weighted by Gasteiger charge is 2.53. The average molecular weight is 241 g/mol. The number of ether oxygens (including phenoxy) is 1. The van der Waals surface area contributed by atoms with Crippen LogP contribution in [0.5, 0.6) is 0 Å². The molecule has 0 aromatic rings. The summed E-state index contributed by atoms with van der Waals surface area (Å²) in [4.78, 5) is 22.8. The fraction of sp³-hybridized carbons (Fsp3) is 0.833. The molecular weight excluding hydrogens is 222 g/mol. The topological polar surface area (TPSA) is 75.6 Å². The maximum Gasteiger partial charge on any atom is 0.324 e. The van der Waals surface area contributed by atoms with Crippen LogP contribution in [0.2, 0.25) is 0 Å². The van der Waals surface area contributed by atoms with E-state index in [1.807, 2.05) is 0 Å². The van der Waals surface area contributed by atoms with Crippen LogP contribution < -0.4 is 5.32 Å². The van der Waals surface area contributed by atoms with Crippen molar-refractivity contribution >= 4 is 11.9 Å². The normalized spacial score (nSPS) is 23.1. The first kappa shape index (κ1) is 12.4. The van der Waals surface area contributed by atoms with Crippen LogP contribution in [0.4, 0.5) is 0 Å². The van der Waals surface area contributed by atoms with Gasteiger partial charge in [-0.15, -0.1) is 0 Å². The van der Waals surface area contributed by atoms with E-state index in [0.717, 1.165) is 6.42 Å². The number of hydrogen-bond acceptors (Lipinski definition) is 3. The van der Waals surface area contributed by atoms with Gasteiger partial charge in [-0.25, -0.2) is 0 Å². The number of aliphatic carboxylic acids is 1. The zero-order valence-electron chi connectivity index (χ0n) is 9.91. The molecule has 0 spiro atoms. The quantitative estimate of drug-likeness (QED) is 0.698. The second-order valence-electron chi connectivity index (χ2n) is 5.08. The van der Waals surface area contributed by atoms with Gasteiger partial charge in [0.1, 0.15) is 0 Å². The molecule has 2 fully saturated rings. The first-order valence-corrected chi connectivity index (χ1v) is 6.24. The molecule has 1 saturated carbocycles. The SMILES string of the molecule is O=C(O)C1(C(=O)NCCC2CCCC2)COC1. The van der Waals surface area contributed by atoms with E-state index in [-0.39, 0.29) is 13.2 Å². The smallest absolute Gasteiger partial charge is 0.324 e. The Morgan fingerprint density at radius 2 is 1.94 bits per heavy atom. The van der Waals surface area contributed by atoms with Gasteiger partial charge < -0.3 is 15.2 Å². The number of hydrogen-bond donors (Lipinski definition) is 2. The van der Waals surface area contributed by atoms with Gasteiger partial charge >= 0.3 is 5.97 Å². The van der Waals surface area contributed by atoms with E-state index in [1.165, 1.54) is 25.7 Å². The van der Waals surface area contributed by atoms with E-state index < -0.39 is 17.3 Å². The zero-order valence-corrected chi connectivity index (χ0v) is 9.91. The van der Waals surface area contributed by atoms with Crippen molar-refractivity contribution < 1.29 is 19.4 Å². The molecule has 2 rings (SSSR count). The summed E-state index contributed by atoms with van der Waals surface area (Å²) in [6.45, 7) is 0.577. The number of carboxylic acids is 1. The molecule has 0 aromatic carbocycles. The van der Waals surface area contributed by atoms with Gasteiger partial charge in [0.2, 0.25) is 5.91 Å². The van der Waals surface area contributed by atoms with Crippen LogP contribution in [0.1, 0.15) is 32.1 Å². The third kappa shape index (κ3) is 2.44. The van der Waals surface area contributed by atoms with Crippen LogP contribution in [-0.4, -0.2) is 36.7 Å². The van der Waals surface area contributed by atoms with Gasteiger partial charge in [0.15, 0.2) is 5.41 Å². The monoisotopic (exact) mass is 241 g/mol. The van der Waals surface area contributed by atoms with Crippen LogP contribution in [0, 0.1) is 11.3 Å². The Balaban J connectivity index is 1.74. The molecule has 0 atom stereocenters. The highest BCUT2D eigenvalue weighted by molar-refractivity contribution is 6.03. The second kappa shape index (κ2) is 5.04. The molecule has 1 heterocycles. The largest absolute Gasteiger partial charge is 0.480 e.